The number of imidazole rings is 1. The van der Waals surface area contributed by atoms with Gasteiger partial charge in [-0.2, -0.15) is 0 Å². The highest BCUT2D eigenvalue weighted by Gasteiger charge is 2.32. The molecule has 100 valence electrons. The van der Waals surface area contributed by atoms with E-state index in [1.165, 1.54) is 6.42 Å². The van der Waals surface area contributed by atoms with Crippen LogP contribution in [0.25, 0.3) is 11.0 Å². The van der Waals surface area contributed by atoms with Gasteiger partial charge in [0.15, 0.2) is 0 Å². The first kappa shape index (κ1) is 12.2. The summed E-state index contributed by atoms with van der Waals surface area (Å²) in [6.45, 7) is 4.57. The number of hydrogen-bond acceptors (Lipinski definition) is 2. The maximum atomic E-state index is 11.1. The van der Waals surface area contributed by atoms with Crippen LogP contribution in [-0.2, 0) is 0 Å². The van der Waals surface area contributed by atoms with E-state index in [4.69, 9.17) is 5.11 Å². The van der Waals surface area contributed by atoms with Crippen LogP contribution in [0.5, 0.6) is 0 Å². The number of carboxylic acid groups (broad SMARTS) is 1. The predicted molar refractivity (Wildman–Crippen MR) is 73.4 cm³/mol. The number of aromatic carboxylic acids is 1. The molecule has 4 heteroatoms. The van der Waals surface area contributed by atoms with E-state index in [0.29, 0.717) is 17.0 Å². The molecule has 3 rings (SSSR count). The van der Waals surface area contributed by atoms with E-state index in [0.717, 1.165) is 23.9 Å². The van der Waals surface area contributed by atoms with E-state index in [9.17, 15) is 4.79 Å². The lowest BCUT2D eigenvalue weighted by atomic mass is 9.92. The number of benzene rings is 1. The molecule has 0 amide bonds. The fourth-order valence-corrected chi connectivity index (χ4v) is 3.09. The van der Waals surface area contributed by atoms with E-state index in [1.807, 2.05) is 6.33 Å². The molecule has 1 unspecified atom stereocenters. The van der Waals surface area contributed by atoms with E-state index in [-0.39, 0.29) is 0 Å². The lowest BCUT2D eigenvalue weighted by Gasteiger charge is -2.18. The summed E-state index contributed by atoms with van der Waals surface area (Å²) in [4.78, 5) is 15.5. The van der Waals surface area contributed by atoms with Crippen molar-refractivity contribution in [2.45, 2.75) is 39.2 Å². The summed E-state index contributed by atoms with van der Waals surface area (Å²) in [6, 6.07) is 5.57. The molecule has 0 saturated heterocycles. The zero-order chi connectivity index (χ0) is 13.6. The van der Waals surface area contributed by atoms with Gasteiger partial charge in [-0.3, -0.25) is 0 Å². The molecule has 1 aliphatic rings. The predicted octanol–water partition coefficient (Wildman–Crippen LogP) is 3.49. The summed E-state index contributed by atoms with van der Waals surface area (Å²) < 4.78 is 2.15. The van der Waals surface area contributed by atoms with Gasteiger partial charge in [0, 0.05) is 6.04 Å². The molecule has 1 atom stereocenters. The second-order valence-electron chi connectivity index (χ2n) is 6.22. The molecular weight excluding hydrogens is 240 g/mol. The zero-order valence-electron chi connectivity index (χ0n) is 11.3. The fraction of sp³-hybridized carbons (Fsp3) is 0.467. The maximum Gasteiger partial charge on any atom is 0.335 e. The third kappa shape index (κ3) is 2.11. The van der Waals surface area contributed by atoms with Crippen LogP contribution < -0.4 is 0 Å². The van der Waals surface area contributed by atoms with Gasteiger partial charge in [0.25, 0.3) is 0 Å². The number of carboxylic acids is 1. The molecule has 0 bridgehead atoms. The van der Waals surface area contributed by atoms with Gasteiger partial charge in [0.05, 0.1) is 22.9 Å². The highest BCUT2D eigenvalue weighted by Crippen LogP contribution is 2.44. The molecule has 0 radical (unpaired) electrons. The minimum Gasteiger partial charge on any atom is -0.478 e. The molecule has 1 saturated carbocycles. The summed E-state index contributed by atoms with van der Waals surface area (Å²) >= 11 is 0. The van der Waals surface area contributed by atoms with Crippen molar-refractivity contribution in [1.82, 2.24) is 9.55 Å². The number of nitrogens with zero attached hydrogens (tertiary/aromatic N) is 2. The molecule has 1 N–H and O–H groups in total. The lowest BCUT2D eigenvalue weighted by molar-refractivity contribution is 0.0697. The average Bonchev–Trinajstić information content (AvgIpc) is 2.91. The van der Waals surface area contributed by atoms with Crippen LogP contribution in [0.3, 0.4) is 0 Å². The Kier molecular flexibility index (Phi) is 2.62. The van der Waals surface area contributed by atoms with E-state index in [1.54, 1.807) is 18.2 Å². The molecular formula is C15H18N2O2. The van der Waals surface area contributed by atoms with Crippen LogP contribution >= 0.6 is 0 Å². The Morgan fingerprint density at radius 2 is 2.26 bits per heavy atom. The van der Waals surface area contributed by atoms with E-state index < -0.39 is 5.97 Å². The number of hydrogen-bond donors (Lipinski definition) is 1. The number of rotatable bonds is 2. The molecule has 1 aromatic carbocycles. The first-order chi connectivity index (χ1) is 8.96. The van der Waals surface area contributed by atoms with Crippen molar-refractivity contribution < 1.29 is 9.90 Å². The molecule has 1 heterocycles. The minimum absolute atomic E-state index is 0.325. The number of fused-ring (bicyclic) bond motifs is 1. The van der Waals surface area contributed by atoms with Crippen molar-refractivity contribution in [1.29, 1.82) is 0 Å². The Balaban J connectivity index is 2.04. The fourth-order valence-electron chi connectivity index (χ4n) is 3.09. The topological polar surface area (TPSA) is 55.1 Å². The largest absolute Gasteiger partial charge is 0.478 e. The molecule has 4 nitrogen and oxygen atoms in total. The van der Waals surface area contributed by atoms with Crippen LogP contribution in [-0.4, -0.2) is 20.6 Å². The van der Waals surface area contributed by atoms with Crippen LogP contribution in [0.1, 0.15) is 49.5 Å². The molecule has 1 aromatic heterocycles. The van der Waals surface area contributed by atoms with Gasteiger partial charge in [-0.25, -0.2) is 9.78 Å². The Bertz CT molecular complexity index is 643. The summed E-state index contributed by atoms with van der Waals surface area (Å²) in [5, 5.41) is 9.09. The highest BCUT2D eigenvalue weighted by atomic mass is 16.4. The van der Waals surface area contributed by atoms with Gasteiger partial charge >= 0.3 is 5.97 Å². The van der Waals surface area contributed by atoms with Crippen molar-refractivity contribution in [2.75, 3.05) is 0 Å². The van der Waals surface area contributed by atoms with Gasteiger partial charge in [-0.1, -0.05) is 13.8 Å². The van der Waals surface area contributed by atoms with Crippen LogP contribution in [0, 0.1) is 5.41 Å². The molecule has 19 heavy (non-hydrogen) atoms. The lowest BCUT2D eigenvalue weighted by Crippen LogP contribution is -2.08. The highest BCUT2D eigenvalue weighted by molar-refractivity contribution is 5.92. The first-order valence-electron chi connectivity index (χ1n) is 6.66. The Morgan fingerprint density at radius 3 is 2.89 bits per heavy atom. The smallest absolute Gasteiger partial charge is 0.335 e. The van der Waals surface area contributed by atoms with E-state index >= 15 is 0 Å². The summed E-state index contributed by atoms with van der Waals surface area (Å²) in [5.74, 6) is -0.888. The SMILES string of the molecule is CC1(C)CCC(n2cnc3ccc(C(=O)O)cc32)C1. The number of aromatic nitrogens is 2. The molecule has 2 aromatic rings. The monoisotopic (exact) mass is 258 g/mol. The Labute approximate surface area is 112 Å². The summed E-state index contributed by atoms with van der Waals surface area (Å²) in [5.41, 5.74) is 2.50. The minimum atomic E-state index is -0.888. The maximum absolute atomic E-state index is 11.1. The number of carbonyl (C=O) groups is 1. The molecule has 1 fully saturated rings. The van der Waals surface area contributed by atoms with Crippen molar-refractivity contribution >= 4 is 17.0 Å². The normalized spacial score (nSPS) is 21.9. The van der Waals surface area contributed by atoms with E-state index in [2.05, 4.69) is 23.4 Å². The molecule has 0 aliphatic heterocycles. The van der Waals surface area contributed by atoms with Crippen molar-refractivity contribution in [2.24, 2.45) is 5.41 Å². The van der Waals surface area contributed by atoms with Crippen molar-refractivity contribution in [3.05, 3.63) is 30.1 Å². The van der Waals surface area contributed by atoms with Gasteiger partial charge in [-0.05, 0) is 42.9 Å². The van der Waals surface area contributed by atoms with Crippen LogP contribution in [0.2, 0.25) is 0 Å². The zero-order valence-corrected chi connectivity index (χ0v) is 11.3. The van der Waals surface area contributed by atoms with Crippen molar-refractivity contribution in [3.63, 3.8) is 0 Å². The van der Waals surface area contributed by atoms with Crippen LogP contribution in [0.4, 0.5) is 0 Å². The third-order valence-corrected chi connectivity index (χ3v) is 4.16. The average molecular weight is 258 g/mol. The second-order valence-corrected chi connectivity index (χ2v) is 6.22. The standard InChI is InChI=1S/C15H18N2O2/c1-15(2)6-5-11(8-15)17-9-16-12-4-3-10(14(18)19)7-13(12)17/h3-4,7,9,11H,5-6,8H2,1-2H3,(H,18,19). The van der Waals surface area contributed by atoms with Gasteiger partial charge in [-0.15, -0.1) is 0 Å². The molecule has 0 spiro atoms. The van der Waals surface area contributed by atoms with Gasteiger partial charge < -0.3 is 9.67 Å². The van der Waals surface area contributed by atoms with Crippen LogP contribution in [0.15, 0.2) is 24.5 Å². The summed E-state index contributed by atoms with van der Waals surface area (Å²) in [6.07, 6.45) is 5.31. The summed E-state index contributed by atoms with van der Waals surface area (Å²) in [7, 11) is 0. The quantitative estimate of drug-likeness (QED) is 0.897. The second kappa shape index (κ2) is 4.08. The Morgan fingerprint density at radius 1 is 1.47 bits per heavy atom. The van der Waals surface area contributed by atoms with Gasteiger partial charge in [0.2, 0.25) is 0 Å². The Hall–Kier alpha value is -1.84. The molecule has 1 aliphatic carbocycles. The van der Waals surface area contributed by atoms with Gasteiger partial charge in [0.1, 0.15) is 0 Å². The third-order valence-electron chi connectivity index (χ3n) is 4.16. The first-order valence-corrected chi connectivity index (χ1v) is 6.66. The van der Waals surface area contributed by atoms with Crippen molar-refractivity contribution in [3.8, 4) is 0 Å².